The minimum Gasteiger partial charge on any atom is -0.464 e. The summed E-state index contributed by atoms with van der Waals surface area (Å²) in [7, 11) is 0. The van der Waals surface area contributed by atoms with Gasteiger partial charge in [-0.1, -0.05) is 37.3 Å². The van der Waals surface area contributed by atoms with Gasteiger partial charge in [0.1, 0.15) is 10.4 Å². The Morgan fingerprint density at radius 1 is 1.17 bits per heavy atom. The minimum atomic E-state index is -0.716. The number of amidine groups is 1. The maximum atomic E-state index is 13.4. The van der Waals surface area contributed by atoms with Gasteiger partial charge in [0.15, 0.2) is 5.17 Å². The van der Waals surface area contributed by atoms with E-state index in [1.807, 2.05) is 56.5 Å². The second-order valence-corrected chi connectivity index (χ2v) is 11.3. The SMILES string of the molecule is CCOC(=O)C(CCSC)NC(=O)c1ccc(CN=C(N)SC(=N)SCC)cc1-c1ccccc1C. The molecule has 0 fully saturated rings. The van der Waals surface area contributed by atoms with E-state index in [4.69, 9.17) is 15.9 Å². The second-order valence-electron chi connectivity index (χ2n) is 7.73. The summed E-state index contributed by atoms with van der Waals surface area (Å²) in [6, 6.07) is 12.7. The average molecular weight is 547 g/mol. The lowest BCUT2D eigenvalue weighted by molar-refractivity contribution is -0.145. The van der Waals surface area contributed by atoms with Crippen molar-refractivity contribution in [3.05, 3.63) is 59.2 Å². The van der Waals surface area contributed by atoms with Crippen LogP contribution in [0.2, 0.25) is 0 Å². The number of aryl methyl sites for hydroxylation is 1. The fourth-order valence-corrected chi connectivity index (χ4v) is 5.30. The van der Waals surface area contributed by atoms with E-state index in [9.17, 15) is 9.59 Å². The topological polar surface area (TPSA) is 118 Å². The largest absolute Gasteiger partial charge is 0.464 e. The van der Waals surface area contributed by atoms with E-state index >= 15 is 0 Å². The van der Waals surface area contributed by atoms with E-state index < -0.39 is 12.0 Å². The molecule has 2 rings (SSSR count). The first kappa shape index (κ1) is 29.8. The molecular formula is C26H34N4O3S3. The summed E-state index contributed by atoms with van der Waals surface area (Å²) in [5, 5.41) is 11.1. The highest BCUT2D eigenvalue weighted by Gasteiger charge is 2.24. The molecule has 0 heterocycles. The number of thioether (sulfide) groups is 3. The van der Waals surface area contributed by atoms with Gasteiger partial charge in [0.25, 0.3) is 5.91 Å². The molecule has 1 amide bonds. The molecule has 0 saturated carbocycles. The van der Waals surface area contributed by atoms with Crippen molar-refractivity contribution in [2.75, 3.05) is 24.4 Å². The number of carbonyl (C=O) groups is 2. The molecule has 2 aromatic rings. The molecule has 194 valence electrons. The van der Waals surface area contributed by atoms with Crippen molar-refractivity contribution in [3.63, 3.8) is 0 Å². The lowest BCUT2D eigenvalue weighted by atomic mass is 9.93. The molecule has 0 aliphatic heterocycles. The Labute approximate surface area is 226 Å². The molecule has 0 aromatic heterocycles. The number of nitrogens with zero attached hydrogens (tertiary/aromatic N) is 1. The molecule has 0 aliphatic carbocycles. The highest BCUT2D eigenvalue weighted by Crippen LogP contribution is 2.29. The summed E-state index contributed by atoms with van der Waals surface area (Å²) in [5.41, 5.74) is 10.1. The maximum Gasteiger partial charge on any atom is 0.328 e. The summed E-state index contributed by atoms with van der Waals surface area (Å²) >= 11 is 4.16. The van der Waals surface area contributed by atoms with Crippen molar-refractivity contribution >= 4 is 56.7 Å². The number of benzene rings is 2. The van der Waals surface area contributed by atoms with Crippen LogP contribution in [0.1, 0.15) is 41.8 Å². The Hall–Kier alpha value is -2.43. The number of esters is 1. The number of hydrogen-bond acceptors (Lipinski definition) is 8. The van der Waals surface area contributed by atoms with Crippen molar-refractivity contribution < 1.29 is 14.3 Å². The van der Waals surface area contributed by atoms with Crippen molar-refractivity contribution in [1.82, 2.24) is 5.32 Å². The molecule has 0 saturated heterocycles. The number of hydrogen-bond donors (Lipinski definition) is 3. The smallest absolute Gasteiger partial charge is 0.328 e. The summed E-state index contributed by atoms with van der Waals surface area (Å²) < 4.78 is 5.59. The van der Waals surface area contributed by atoms with Gasteiger partial charge in [0, 0.05) is 5.56 Å². The third kappa shape index (κ3) is 9.22. The lowest BCUT2D eigenvalue weighted by Gasteiger charge is -2.19. The fraction of sp³-hybridized carbons (Fsp3) is 0.385. The average Bonchev–Trinajstić information content (AvgIpc) is 2.85. The summed E-state index contributed by atoms with van der Waals surface area (Å²) in [6.45, 7) is 6.30. The molecular weight excluding hydrogens is 513 g/mol. The number of aliphatic imine (C=N–C) groups is 1. The Morgan fingerprint density at radius 2 is 1.92 bits per heavy atom. The molecule has 4 N–H and O–H groups in total. The zero-order chi connectivity index (χ0) is 26.5. The second kappa shape index (κ2) is 15.6. The predicted octanol–water partition coefficient (Wildman–Crippen LogP) is 5.31. The van der Waals surface area contributed by atoms with E-state index in [2.05, 4.69) is 10.3 Å². The zero-order valence-electron chi connectivity index (χ0n) is 21.1. The Kier molecular flexibility index (Phi) is 12.9. The van der Waals surface area contributed by atoms with E-state index in [1.54, 1.807) is 24.8 Å². The van der Waals surface area contributed by atoms with Crippen LogP contribution in [0, 0.1) is 12.3 Å². The zero-order valence-corrected chi connectivity index (χ0v) is 23.6. The molecule has 1 unspecified atom stereocenters. The Bertz CT molecular complexity index is 1090. The van der Waals surface area contributed by atoms with Crippen LogP contribution < -0.4 is 11.1 Å². The van der Waals surface area contributed by atoms with Crippen LogP contribution in [0.25, 0.3) is 11.1 Å². The molecule has 0 aliphatic rings. The number of rotatable bonds is 11. The third-order valence-electron chi connectivity index (χ3n) is 5.14. The van der Waals surface area contributed by atoms with Crippen molar-refractivity contribution in [2.24, 2.45) is 10.7 Å². The van der Waals surface area contributed by atoms with Crippen molar-refractivity contribution in [3.8, 4) is 11.1 Å². The van der Waals surface area contributed by atoms with E-state index in [0.29, 0.717) is 28.1 Å². The monoisotopic (exact) mass is 546 g/mol. The highest BCUT2D eigenvalue weighted by atomic mass is 32.2. The fourth-order valence-electron chi connectivity index (χ4n) is 3.41. The molecule has 2 aromatic carbocycles. The van der Waals surface area contributed by atoms with E-state index in [-0.39, 0.29) is 12.5 Å². The molecule has 10 heteroatoms. The summed E-state index contributed by atoms with van der Waals surface area (Å²) in [5.74, 6) is 0.765. The molecule has 7 nitrogen and oxygen atoms in total. The van der Waals surface area contributed by atoms with Gasteiger partial charge < -0.3 is 15.8 Å². The van der Waals surface area contributed by atoms with Crippen LogP contribution in [0.15, 0.2) is 47.5 Å². The quantitative estimate of drug-likeness (QED) is 0.199. The first-order valence-corrected chi connectivity index (χ1v) is 14.8. The molecule has 0 spiro atoms. The van der Waals surface area contributed by atoms with Gasteiger partial charge in [0.05, 0.1) is 13.2 Å². The van der Waals surface area contributed by atoms with Crippen LogP contribution in [-0.2, 0) is 16.1 Å². The maximum absolute atomic E-state index is 13.4. The number of ether oxygens (including phenoxy) is 1. The number of nitrogens with two attached hydrogens (primary N) is 1. The van der Waals surface area contributed by atoms with Gasteiger partial charge in [-0.3, -0.25) is 15.2 Å². The number of amides is 1. The molecule has 36 heavy (non-hydrogen) atoms. The summed E-state index contributed by atoms with van der Waals surface area (Å²) in [4.78, 5) is 30.3. The number of carbonyl (C=O) groups excluding carboxylic acids is 2. The minimum absolute atomic E-state index is 0.256. The molecule has 0 radical (unpaired) electrons. The Balaban J connectivity index is 2.37. The third-order valence-corrected chi connectivity index (χ3v) is 7.46. The van der Waals surface area contributed by atoms with Gasteiger partial charge >= 0.3 is 5.97 Å². The van der Waals surface area contributed by atoms with Crippen LogP contribution >= 0.6 is 35.3 Å². The molecule has 0 bridgehead atoms. The molecule has 1 atom stereocenters. The van der Waals surface area contributed by atoms with Crippen LogP contribution in [0.4, 0.5) is 0 Å². The van der Waals surface area contributed by atoms with E-state index in [0.717, 1.165) is 45.5 Å². The van der Waals surface area contributed by atoms with Crippen LogP contribution in [-0.4, -0.2) is 51.8 Å². The summed E-state index contributed by atoms with van der Waals surface area (Å²) in [6.07, 6.45) is 2.44. The Morgan fingerprint density at radius 3 is 2.58 bits per heavy atom. The van der Waals surface area contributed by atoms with Crippen LogP contribution in [0.3, 0.4) is 0 Å². The predicted molar refractivity (Wildman–Crippen MR) is 156 cm³/mol. The van der Waals surface area contributed by atoms with E-state index in [1.165, 1.54) is 11.8 Å². The van der Waals surface area contributed by atoms with Gasteiger partial charge in [-0.15, -0.1) is 11.8 Å². The van der Waals surface area contributed by atoms with Gasteiger partial charge in [0.2, 0.25) is 0 Å². The highest BCUT2D eigenvalue weighted by molar-refractivity contribution is 8.44. The van der Waals surface area contributed by atoms with Gasteiger partial charge in [-0.2, -0.15) is 11.8 Å². The van der Waals surface area contributed by atoms with Gasteiger partial charge in [-0.05, 0) is 84.2 Å². The lowest BCUT2D eigenvalue weighted by Crippen LogP contribution is -2.42. The first-order chi connectivity index (χ1) is 17.3. The van der Waals surface area contributed by atoms with Gasteiger partial charge in [-0.25, -0.2) is 4.79 Å². The normalized spacial score (nSPS) is 12.2. The first-order valence-electron chi connectivity index (χ1n) is 11.6. The number of nitrogens with one attached hydrogen (secondary N) is 2. The van der Waals surface area contributed by atoms with Crippen molar-refractivity contribution in [1.29, 1.82) is 5.41 Å². The van der Waals surface area contributed by atoms with Crippen LogP contribution in [0.5, 0.6) is 0 Å². The van der Waals surface area contributed by atoms with Crippen molar-refractivity contribution in [2.45, 2.75) is 39.8 Å². The standard InChI is InChI=1S/C26H34N4O3S3/c1-5-33-24(32)22(13-14-34-4)30-23(31)20-12-11-18(16-29-25(27)36-26(28)35-6-2)15-21(20)19-10-8-7-9-17(19)3/h7-12,15,22,28H,5-6,13-14,16H2,1-4H3,(H2,27,29)(H,30,31).